The number of benzene rings is 8. The summed E-state index contributed by atoms with van der Waals surface area (Å²) in [5.74, 6) is 0. The topological polar surface area (TPSA) is 8.17 Å². The van der Waals surface area contributed by atoms with E-state index in [4.69, 9.17) is 0 Å². The Morgan fingerprint density at radius 2 is 0.940 bits per heavy atom. The van der Waals surface area contributed by atoms with Crippen LogP contribution in [0.2, 0.25) is 0 Å². The third-order valence-corrected chi connectivity index (χ3v) is 12.5. The zero-order valence-electron chi connectivity index (χ0n) is 26.9. The van der Waals surface area contributed by atoms with Gasteiger partial charge in [0.05, 0.1) is 16.7 Å². The Hall–Kier alpha value is -5.94. The molecule has 0 radical (unpaired) electrons. The molecular formula is C46H28N2S2. The van der Waals surface area contributed by atoms with Crippen LogP contribution in [0.25, 0.3) is 78.6 Å². The average Bonchev–Trinajstić information content (AvgIpc) is 3.85. The summed E-state index contributed by atoms with van der Waals surface area (Å²) in [5.41, 5.74) is 7.00. The summed E-state index contributed by atoms with van der Waals surface area (Å²) in [7, 11) is 0. The fourth-order valence-electron chi connectivity index (χ4n) is 7.95. The number of nitrogens with zero attached hydrogens (tertiary/aromatic N) is 2. The zero-order valence-corrected chi connectivity index (χ0v) is 28.5. The monoisotopic (exact) mass is 672 g/mol. The second kappa shape index (κ2) is 10.8. The van der Waals surface area contributed by atoms with E-state index in [0.29, 0.717) is 0 Å². The van der Waals surface area contributed by atoms with Crippen LogP contribution in [-0.4, -0.2) is 4.57 Å². The fraction of sp³-hybridized carbons (Fsp3) is 0. The summed E-state index contributed by atoms with van der Waals surface area (Å²) in [6, 6.07) is 62.5. The Bertz CT molecular complexity index is 3110. The molecule has 0 saturated heterocycles. The average molecular weight is 673 g/mol. The van der Waals surface area contributed by atoms with Crippen molar-refractivity contribution in [1.82, 2.24) is 4.57 Å². The van der Waals surface area contributed by atoms with Gasteiger partial charge >= 0.3 is 0 Å². The van der Waals surface area contributed by atoms with Crippen LogP contribution in [0, 0.1) is 0 Å². The summed E-state index contributed by atoms with van der Waals surface area (Å²) in [4.78, 5) is 2.47. The largest absolute Gasteiger partial charge is 0.310 e. The summed E-state index contributed by atoms with van der Waals surface area (Å²) >= 11 is 3.75. The van der Waals surface area contributed by atoms with Gasteiger partial charge in [-0.2, -0.15) is 0 Å². The Morgan fingerprint density at radius 1 is 0.360 bits per heavy atom. The molecule has 0 aliphatic heterocycles. The molecule has 11 aromatic rings. The molecule has 11 rings (SSSR count). The highest BCUT2D eigenvalue weighted by molar-refractivity contribution is 7.26. The molecule has 3 heterocycles. The van der Waals surface area contributed by atoms with Crippen molar-refractivity contribution >= 4 is 113 Å². The van der Waals surface area contributed by atoms with Gasteiger partial charge in [0, 0.05) is 79.0 Å². The van der Waals surface area contributed by atoms with Gasteiger partial charge in [-0.15, -0.1) is 22.7 Å². The second-order valence-corrected chi connectivity index (χ2v) is 15.1. The third kappa shape index (κ3) is 4.07. The molecule has 4 heteroatoms. The van der Waals surface area contributed by atoms with E-state index < -0.39 is 0 Å². The summed E-state index contributed by atoms with van der Waals surface area (Å²) in [5, 5.41) is 10.3. The predicted molar refractivity (Wildman–Crippen MR) is 219 cm³/mol. The van der Waals surface area contributed by atoms with Gasteiger partial charge in [-0.3, -0.25) is 0 Å². The maximum Gasteiger partial charge on any atom is 0.0561 e. The Labute approximate surface area is 296 Å². The Morgan fingerprint density at radius 3 is 1.80 bits per heavy atom. The predicted octanol–water partition coefficient (Wildman–Crippen LogP) is 14.1. The normalized spacial score (nSPS) is 12.0. The molecule has 50 heavy (non-hydrogen) atoms. The molecule has 2 nitrogen and oxygen atoms in total. The van der Waals surface area contributed by atoms with Crippen molar-refractivity contribution in [3.8, 4) is 5.69 Å². The summed E-state index contributed by atoms with van der Waals surface area (Å²) < 4.78 is 7.69. The van der Waals surface area contributed by atoms with Gasteiger partial charge < -0.3 is 9.47 Å². The van der Waals surface area contributed by atoms with E-state index in [1.165, 1.54) is 78.6 Å². The highest BCUT2D eigenvalue weighted by Crippen LogP contribution is 2.46. The minimum atomic E-state index is 1.13. The first-order chi connectivity index (χ1) is 24.8. The second-order valence-electron chi connectivity index (χ2n) is 12.9. The molecule has 3 aromatic heterocycles. The fourth-order valence-corrected chi connectivity index (χ4v) is 10.3. The number of fused-ring (bicyclic) bond motifs is 11. The number of hydrogen-bond acceptors (Lipinski definition) is 3. The van der Waals surface area contributed by atoms with Crippen molar-refractivity contribution < 1.29 is 0 Å². The van der Waals surface area contributed by atoms with Crippen LogP contribution in [0.3, 0.4) is 0 Å². The number of thiophene rings is 2. The first-order valence-electron chi connectivity index (χ1n) is 16.9. The van der Waals surface area contributed by atoms with Gasteiger partial charge in [0.1, 0.15) is 0 Å². The van der Waals surface area contributed by atoms with E-state index in [0.717, 1.165) is 17.1 Å². The van der Waals surface area contributed by atoms with Crippen LogP contribution in [0.15, 0.2) is 170 Å². The maximum absolute atomic E-state index is 2.47. The lowest BCUT2D eigenvalue weighted by atomic mass is 10.0. The number of hydrogen-bond donors (Lipinski definition) is 0. The maximum atomic E-state index is 2.47. The quantitative estimate of drug-likeness (QED) is 0.181. The van der Waals surface area contributed by atoms with Gasteiger partial charge in [-0.1, -0.05) is 103 Å². The first-order valence-corrected chi connectivity index (χ1v) is 18.6. The van der Waals surface area contributed by atoms with E-state index in [2.05, 4.69) is 179 Å². The van der Waals surface area contributed by atoms with E-state index in [9.17, 15) is 0 Å². The molecule has 0 unspecified atom stereocenters. The molecule has 0 spiro atoms. The van der Waals surface area contributed by atoms with Crippen molar-refractivity contribution in [2.75, 3.05) is 4.90 Å². The minimum absolute atomic E-state index is 1.13. The van der Waals surface area contributed by atoms with Crippen molar-refractivity contribution in [3.63, 3.8) is 0 Å². The van der Waals surface area contributed by atoms with Crippen LogP contribution < -0.4 is 4.90 Å². The SMILES string of the molecule is c1ccc(-n2c3ccccc3c3ccc(N(c4ccc5sc6ccccc6c5c4)c4cccc5c4ccc4c6ccccc6sc54)cc32)cc1. The van der Waals surface area contributed by atoms with E-state index in [-0.39, 0.29) is 0 Å². The molecule has 0 bridgehead atoms. The van der Waals surface area contributed by atoms with Crippen LogP contribution in [0.4, 0.5) is 17.1 Å². The van der Waals surface area contributed by atoms with Crippen LogP contribution >= 0.6 is 22.7 Å². The molecule has 0 fully saturated rings. The van der Waals surface area contributed by atoms with E-state index in [1.807, 2.05) is 22.7 Å². The lowest BCUT2D eigenvalue weighted by molar-refractivity contribution is 1.18. The number of rotatable bonds is 4. The van der Waals surface area contributed by atoms with Crippen LogP contribution in [0.5, 0.6) is 0 Å². The van der Waals surface area contributed by atoms with E-state index >= 15 is 0 Å². The molecule has 234 valence electrons. The molecular weight excluding hydrogens is 645 g/mol. The van der Waals surface area contributed by atoms with Crippen molar-refractivity contribution in [2.24, 2.45) is 0 Å². The van der Waals surface area contributed by atoms with Gasteiger partial charge in [-0.25, -0.2) is 0 Å². The van der Waals surface area contributed by atoms with Gasteiger partial charge in [-0.05, 0) is 66.7 Å². The van der Waals surface area contributed by atoms with Crippen LogP contribution in [0.1, 0.15) is 0 Å². The Balaban J connectivity index is 1.22. The number of aromatic nitrogens is 1. The molecule has 0 aliphatic rings. The number of para-hydroxylation sites is 2. The highest BCUT2D eigenvalue weighted by Gasteiger charge is 2.21. The molecule has 0 atom stereocenters. The molecule has 0 saturated carbocycles. The first kappa shape index (κ1) is 28.0. The smallest absolute Gasteiger partial charge is 0.0561 e. The Kier molecular flexibility index (Phi) is 6.03. The zero-order chi connectivity index (χ0) is 32.8. The number of anilines is 3. The summed E-state index contributed by atoms with van der Waals surface area (Å²) in [6.07, 6.45) is 0. The highest BCUT2D eigenvalue weighted by atomic mass is 32.1. The van der Waals surface area contributed by atoms with Gasteiger partial charge in [0.25, 0.3) is 0 Å². The molecule has 0 aliphatic carbocycles. The lowest BCUT2D eigenvalue weighted by Crippen LogP contribution is -2.10. The van der Waals surface area contributed by atoms with Crippen LogP contribution in [-0.2, 0) is 0 Å². The molecule has 0 N–H and O–H groups in total. The minimum Gasteiger partial charge on any atom is -0.310 e. The van der Waals surface area contributed by atoms with Crippen molar-refractivity contribution in [2.45, 2.75) is 0 Å². The van der Waals surface area contributed by atoms with Gasteiger partial charge in [0.2, 0.25) is 0 Å². The van der Waals surface area contributed by atoms with E-state index in [1.54, 1.807) is 0 Å². The van der Waals surface area contributed by atoms with Crippen molar-refractivity contribution in [1.29, 1.82) is 0 Å². The molecule has 0 amide bonds. The van der Waals surface area contributed by atoms with Gasteiger partial charge in [0.15, 0.2) is 0 Å². The third-order valence-electron chi connectivity index (χ3n) is 10.2. The lowest BCUT2D eigenvalue weighted by Gasteiger charge is -2.27. The summed E-state index contributed by atoms with van der Waals surface area (Å²) in [6.45, 7) is 0. The van der Waals surface area contributed by atoms with Crippen molar-refractivity contribution in [3.05, 3.63) is 170 Å². The standard InChI is InChI=1S/C46H28N2S2/c1-2-11-29(12-3-1)48-41-17-7-4-13-32(41)33-23-21-31(28-42(33)48)47(30-22-26-45-39(27-30)36-15-6-8-19-43(36)49-45)40-18-10-16-37-34(40)24-25-38-35-14-5-9-20-44(35)50-46(37)38/h1-28H. The molecule has 8 aromatic carbocycles.